The Hall–Kier alpha value is -2.38. The summed E-state index contributed by atoms with van der Waals surface area (Å²) < 4.78 is 7.52. The van der Waals surface area contributed by atoms with E-state index in [1.165, 1.54) is 10.6 Å². The lowest BCUT2D eigenvalue weighted by atomic mass is 10.2. The number of imidazole rings is 1. The number of fused-ring (bicyclic) bond motifs is 1. The van der Waals surface area contributed by atoms with Gasteiger partial charge in [0, 0.05) is 42.3 Å². The van der Waals surface area contributed by atoms with Gasteiger partial charge in [0.15, 0.2) is 5.13 Å². The van der Waals surface area contributed by atoms with Crippen LogP contribution in [0.1, 0.15) is 16.3 Å². The number of aryl methyl sites for hydroxylation is 1. The summed E-state index contributed by atoms with van der Waals surface area (Å²) in [5, 5.41) is 7.70. The molecule has 0 bridgehead atoms. The van der Waals surface area contributed by atoms with Crippen LogP contribution in [0.3, 0.4) is 0 Å². The highest BCUT2D eigenvalue weighted by molar-refractivity contribution is 7.15. The molecule has 24 heavy (non-hydrogen) atoms. The molecule has 1 aliphatic heterocycles. The number of benzene rings is 1. The van der Waals surface area contributed by atoms with Gasteiger partial charge in [-0.3, -0.25) is 0 Å². The Labute approximate surface area is 144 Å². The topological polar surface area (TPSA) is 64.0 Å². The Balaban J connectivity index is 1.61. The fraction of sp³-hybridized carbons (Fsp3) is 0.294. The van der Waals surface area contributed by atoms with Crippen LogP contribution in [0.15, 0.2) is 30.7 Å². The zero-order chi connectivity index (χ0) is 16.5. The molecule has 0 aliphatic carbocycles. The van der Waals surface area contributed by atoms with E-state index in [-0.39, 0.29) is 0 Å². The molecule has 1 aromatic carbocycles. The molecule has 0 saturated heterocycles. The predicted molar refractivity (Wildman–Crippen MR) is 95.7 cm³/mol. The van der Waals surface area contributed by atoms with E-state index in [0.29, 0.717) is 0 Å². The average molecular weight is 341 g/mol. The second-order valence-corrected chi connectivity index (χ2v) is 6.83. The standard InChI is InChI=1S/C17H19N5OS/c1-11-9-22(10-19-11)14-4-3-12(7-15(14)23-2)20-17-21-13-5-6-18-8-16(13)24-17/h3-4,7,9-10,18H,5-6,8H2,1-2H3,(H,20,21). The highest BCUT2D eigenvalue weighted by Crippen LogP contribution is 2.31. The Morgan fingerprint density at radius 1 is 1.38 bits per heavy atom. The van der Waals surface area contributed by atoms with Gasteiger partial charge in [-0.1, -0.05) is 0 Å². The molecule has 3 heterocycles. The first-order valence-electron chi connectivity index (χ1n) is 7.88. The molecule has 0 atom stereocenters. The molecule has 0 saturated carbocycles. The summed E-state index contributed by atoms with van der Waals surface area (Å²) in [4.78, 5) is 10.3. The lowest BCUT2D eigenvalue weighted by Crippen LogP contribution is -2.22. The van der Waals surface area contributed by atoms with Crippen LogP contribution >= 0.6 is 11.3 Å². The molecule has 1 aliphatic rings. The van der Waals surface area contributed by atoms with Crippen LogP contribution in [0.5, 0.6) is 5.75 Å². The van der Waals surface area contributed by atoms with Crippen molar-refractivity contribution in [1.29, 1.82) is 0 Å². The molecule has 3 aromatic rings. The van der Waals surface area contributed by atoms with E-state index in [0.717, 1.165) is 47.5 Å². The van der Waals surface area contributed by atoms with Crippen molar-refractivity contribution >= 4 is 22.2 Å². The van der Waals surface area contributed by atoms with Crippen molar-refractivity contribution in [1.82, 2.24) is 19.9 Å². The Morgan fingerprint density at radius 2 is 2.29 bits per heavy atom. The molecule has 124 valence electrons. The maximum Gasteiger partial charge on any atom is 0.187 e. The van der Waals surface area contributed by atoms with E-state index < -0.39 is 0 Å². The van der Waals surface area contributed by atoms with Crippen molar-refractivity contribution in [3.05, 3.63) is 47.0 Å². The molecule has 0 unspecified atom stereocenters. The maximum atomic E-state index is 5.55. The quantitative estimate of drug-likeness (QED) is 0.764. The third-order valence-electron chi connectivity index (χ3n) is 4.02. The van der Waals surface area contributed by atoms with Gasteiger partial charge in [-0.05, 0) is 19.1 Å². The van der Waals surface area contributed by atoms with Crippen molar-refractivity contribution in [3.8, 4) is 11.4 Å². The Morgan fingerprint density at radius 3 is 3.04 bits per heavy atom. The third kappa shape index (κ3) is 2.88. The van der Waals surface area contributed by atoms with Crippen molar-refractivity contribution in [3.63, 3.8) is 0 Å². The van der Waals surface area contributed by atoms with Gasteiger partial charge in [-0.15, -0.1) is 11.3 Å². The Kier molecular flexibility index (Phi) is 3.95. The van der Waals surface area contributed by atoms with Crippen molar-refractivity contribution in [2.45, 2.75) is 19.9 Å². The first-order chi connectivity index (χ1) is 11.7. The Bertz CT molecular complexity index is 846. The van der Waals surface area contributed by atoms with Gasteiger partial charge >= 0.3 is 0 Å². The second-order valence-electron chi connectivity index (χ2n) is 5.75. The third-order valence-corrected chi connectivity index (χ3v) is 5.04. The second kappa shape index (κ2) is 6.26. The van der Waals surface area contributed by atoms with E-state index in [2.05, 4.69) is 15.6 Å². The highest BCUT2D eigenvalue weighted by Gasteiger charge is 2.15. The predicted octanol–water partition coefficient (Wildman–Crippen LogP) is 3.04. The number of hydrogen-bond acceptors (Lipinski definition) is 6. The van der Waals surface area contributed by atoms with Crippen molar-refractivity contribution in [2.24, 2.45) is 0 Å². The zero-order valence-electron chi connectivity index (χ0n) is 13.7. The number of anilines is 2. The van der Waals surface area contributed by atoms with Gasteiger partial charge in [0.1, 0.15) is 5.75 Å². The first kappa shape index (κ1) is 15.2. The number of methoxy groups -OCH3 is 1. The van der Waals surface area contributed by atoms with Crippen LogP contribution in [0.2, 0.25) is 0 Å². The SMILES string of the molecule is COc1cc(Nc2nc3c(s2)CNCC3)ccc1-n1cnc(C)c1. The number of rotatable bonds is 4. The summed E-state index contributed by atoms with van der Waals surface area (Å²) in [6.45, 7) is 3.89. The van der Waals surface area contributed by atoms with Crippen LogP contribution in [0, 0.1) is 6.92 Å². The molecular formula is C17H19N5OS. The minimum absolute atomic E-state index is 0.792. The van der Waals surface area contributed by atoms with Gasteiger partial charge in [0.05, 0.1) is 30.5 Å². The number of aromatic nitrogens is 3. The molecule has 4 rings (SSSR count). The van der Waals surface area contributed by atoms with Crippen molar-refractivity contribution < 1.29 is 4.74 Å². The maximum absolute atomic E-state index is 5.55. The highest BCUT2D eigenvalue weighted by atomic mass is 32.1. The van der Waals surface area contributed by atoms with E-state index >= 15 is 0 Å². The van der Waals surface area contributed by atoms with Crippen LogP contribution in [0.25, 0.3) is 5.69 Å². The van der Waals surface area contributed by atoms with Gasteiger partial charge in [0.25, 0.3) is 0 Å². The van der Waals surface area contributed by atoms with Crippen molar-refractivity contribution in [2.75, 3.05) is 19.0 Å². The molecule has 7 heteroatoms. The van der Waals surface area contributed by atoms with E-state index in [4.69, 9.17) is 9.72 Å². The van der Waals surface area contributed by atoms with Crippen LogP contribution in [-0.2, 0) is 13.0 Å². The molecular weight excluding hydrogens is 322 g/mol. The van der Waals surface area contributed by atoms with E-state index in [1.54, 1.807) is 24.8 Å². The number of nitrogens with one attached hydrogen (secondary N) is 2. The number of thiazole rings is 1. The fourth-order valence-electron chi connectivity index (χ4n) is 2.82. The summed E-state index contributed by atoms with van der Waals surface area (Å²) in [6.07, 6.45) is 4.77. The summed E-state index contributed by atoms with van der Waals surface area (Å²) in [7, 11) is 1.68. The lowest BCUT2D eigenvalue weighted by Gasteiger charge is -2.11. The number of nitrogens with zero attached hydrogens (tertiary/aromatic N) is 3. The monoisotopic (exact) mass is 341 g/mol. The molecule has 0 spiro atoms. The molecule has 6 nitrogen and oxygen atoms in total. The normalized spacial score (nSPS) is 13.6. The van der Waals surface area contributed by atoms with E-state index in [9.17, 15) is 0 Å². The van der Waals surface area contributed by atoms with Gasteiger partial charge in [-0.2, -0.15) is 0 Å². The number of hydrogen-bond donors (Lipinski definition) is 2. The molecule has 0 radical (unpaired) electrons. The summed E-state index contributed by atoms with van der Waals surface area (Å²) in [6, 6.07) is 6.05. The van der Waals surface area contributed by atoms with Gasteiger partial charge in [0.2, 0.25) is 0 Å². The minimum Gasteiger partial charge on any atom is -0.494 e. The smallest absolute Gasteiger partial charge is 0.187 e. The van der Waals surface area contributed by atoms with Gasteiger partial charge in [-0.25, -0.2) is 9.97 Å². The molecule has 0 fully saturated rings. The average Bonchev–Trinajstić information content (AvgIpc) is 3.20. The van der Waals surface area contributed by atoms with Gasteiger partial charge < -0.3 is 19.9 Å². The minimum atomic E-state index is 0.792. The van der Waals surface area contributed by atoms with Crippen LogP contribution in [-0.4, -0.2) is 28.2 Å². The first-order valence-corrected chi connectivity index (χ1v) is 8.70. The summed E-state index contributed by atoms with van der Waals surface area (Å²) in [5.41, 5.74) is 4.11. The fourth-order valence-corrected chi connectivity index (χ4v) is 3.82. The molecule has 2 N–H and O–H groups in total. The zero-order valence-corrected chi connectivity index (χ0v) is 14.5. The number of ether oxygens (including phenoxy) is 1. The lowest BCUT2D eigenvalue weighted by molar-refractivity contribution is 0.413. The van der Waals surface area contributed by atoms with Crippen LogP contribution < -0.4 is 15.4 Å². The van der Waals surface area contributed by atoms with Crippen LogP contribution in [0.4, 0.5) is 10.8 Å². The molecule has 0 amide bonds. The van der Waals surface area contributed by atoms with E-state index in [1.807, 2.05) is 35.9 Å². The summed E-state index contributed by atoms with van der Waals surface area (Å²) >= 11 is 1.71. The summed E-state index contributed by atoms with van der Waals surface area (Å²) in [5.74, 6) is 0.792. The molecule has 2 aromatic heterocycles. The largest absolute Gasteiger partial charge is 0.494 e.